The van der Waals surface area contributed by atoms with Gasteiger partial charge in [0.05, 0.1) is 0 Å². The number of nitrogens with zero attached hydrogens (tertiary/aromatic N) is 1. The van der Waals surface area contributed by atoms with Crippen molar-refractivity contribution in [1.82, 2.24) is 10.2 Å². The van der Waals surface area contributed by atoms with Crippen LogP contribution in [0.4, 0.5) is 4.79 Å². The van der Waals surface area contributed by atoms with E-state index in [9.17, 15) is 14.7 Å². The van der Waals surface area contributed by atoms with E-state index in [1.54, 1.807) is 0 Å². The molecule has 1 amide bonds. The van der Waals surface area contributed by atoms with Gasteiger partial charge in [0.25, 0.3) is 0 Å². The Bertz CT molecular complexity index is 787. The molecule has 0 spiro atoms. The lowest BCUT2D eigenvalue weighted by Crippen LogP contribution is -2.60. The molecular weight excluding hydrogens is 356 g/mol. The Morgan fingerprint density at radius 2 is 1.64 bits per heavy atom. The van der Waals surface area contributed by atoms with Crippen molar-refractivity contribution in [2.75, 3.05) is 13.1 Å². The van der Waals surface area contributed by atoms with Gasteiger partial charge in [0, 0.05) is 19.1 Å². The number of carboxylic acid groups (broad SMARTS) is 1. The summed E-state index contributed by atoms with van der Waals surface area (Å²) in [7, 11) is 0. The van der Waals surface area contributed by atoms with E-state index in [1.807, 2.05) is 48.5 Å². The molecule has 0 saturated carbocycles. The molecule has 2 aromatic rings. The van der Waals surface area contributed by atoms with Gasteiger partial charge in [0.1, 0.15) is 12.1 Å². The third-order valence-electron chi connectivity index (χ3n) is 5.44. The van der Waals surface area contributed by atoms with Crippen LogP contribution >= 0.6 is 0 Å². The van der Waals surface area contributed by atoms with Crippen molar-refractivity contribution in [3.8, 4) is 0 Å². The zero-order valence-electron chi connectivity index (χ0n) is 16.0. The van der Waals surface area contributed by atoms with Crippen LogP contribution < -0.4 is 5.32 Å². The van der Waals surface area contributed by atoms with Crippen molar-refractivity contribution in [3.63, 3.8) is 0 Å². The quantitative estimate of drug-likeness (QED) is 0.798. The number of alkyl carbamates (subject to hydrolysis) is 1. The average Bonchev–Trinajstić information content (AvgIpc) is 2.73. The van der Waals surface area contributed by atoms with Gasteiger partial charge < -0.3 is 15.2 Å². The fraction of sp³-hybridized carbons (Fsp3) is 0.364. The Hall–Kier alpha value is -2.86. The van der Waals surface area contributed by atoms with Gasteiger partial charge in [-0.2, -0.15) is 0 Å². The maximum absolute atomic E-state index is 12.2. The van der Waals surface area contributed by atoms with Crippen LogP contribution in [0.1, 0.15) is 36.9 Å². The van der Waals surface area contributed by atoms with Crippen molar-refractivity contribution < 1.29 is 19.4 Å². The minimum absolute atomic E-state index is 0.111. The van der Waals surface area contributed by atoms with Crippen molar-refractivity contribution in [2.45, 2.75) is 38.0 Å². The Kier molecular flexibility index (Phi) is 6.31. The summed E-state index contributed by atoms with van der Waals surface area (Å²) in [6, 6.07) is 19.6. The van der Waals surface area contributed by atoms with Crippen LogP contribution in [0.5, 0.6) is 0 Å². The summed E-state index contributed by atoms with van der Waals surface area (Å²) >= 11 is 0. The van der Waals surface area contributed by atoms with Gasteiger partial charge in [-0.25, -0.2) is 9.59 Å². The minimum atomic E-state index is -1.29. The number of carbonyl (C=O) groups is 2. The third-order valence-corrected chi connectivity index (χ3v) is 5.44. The lowest BCUT2D eigenvalue weighted by Gasteiger charge is -2.41. The molecule has 0 radical (unpaired) electrons. The number of rotatable bonds is 6. The number of ether oxygens (including phenoxy) is 1. The number of hydrogen-bond acceptors (Lipinski definition) is 4. The van der Waals surface area contributed by atoms with E-state index in [2.05, 4.69) is 29.3 Å². The number of piperidine rings is 1. The molecule has 1 fully saturated rings. The molecule has 1 aliphatic heterocycles. The monoisotopic (exact) mass is 382 g/mol. The Labute approximate surface area is 165 Å². The van der Waals surface area contributed by atoms with E-state index in [1.165, 1.54) is 5.56 Å². The molecule has 1 heterocycles. The maximum atomic E-state index is 12.2. The van der Waals surface area contributed by atoms with Crippen LogP contribution in [0.3, 0.4) is 0 Å². The number of hydrogen-bond donors (Lipinski definition) is 2. The molecule has 3 rings (SSSR count). The number of nitrogens with one attached hydrogen (secondary N) is 1. The number of likely N-dealkylation sites (tertiary alicyclic amines) is 1. The van der Waals surface area contributed by atoms with Gasteiger partial charge in [-0.05, 0) is 30.9 Å². The molecular formula is C22H26N2O4. The van der Waals surface area contributed by atoms with Crippen molar-refractivity contribution in [3.05, 3.63) is 71.8 Å². The Morgan fingerprint density at radius 1 is 1.07 bits per heavy atom. The minimum Gasteiger partial charge on any atom is -0.480 e. The Balaban J connectivity index is 1.58. The maximum Gasteiger partial charge on any atom is 0.408 e. The SMILES string of the molecule is C[C@@H](c1ccccc1)N1CCC(NC(=O)OCc2ccccc2)(C(=O)O)CC1. The van der Waals surface area contributed by atoms with E-state index in [0.29, 0.717) is 25.9 Å². The lowest BCUT2D eigenvalue weighted by molar-refractivity contribution is -0.147. The average molecular weight is 382 g/mol. The molecule has 0 aromatic heterocycles. The summed E-state index contributed by atoms with van der Waals surface area (Å²) in [4.78, 5) is 26.4. The van der Waals surface area contributed by atoms with Gasteiger partial charge in [-0.1, -0.05) is 60.7 Å². The van der Waals surface area contributed by atoms with Crippen LogP contribution in [0.25, 0.3) is 0 Å². The summed E-state index contributed by atoms with van der Waals surface area (Å²) in [5, 5.41) is 12.4. The first-order valence-electron chi connectivity index (χ1n) is 9.51. The van der Waals surface area contributed by atoms with Crippen molar-refractivity contribution >= 4 is 12.1 Å². The molecule has 6 heteroatoms. The predicted octanol–water partition coefficient (Wildman–Crippen LogP) is 3.59. The highest BCUT2D eigenvalue weighted by atomic mass is 16.5. The fourth-order valence-electron chi connectivity index (χ4n) is 3.58. The van der Waals surface area contributed by atoms with Crippen LogP contribution in [-0.2, 0) is 16.1 Å². The summed E-state index contributed by atoms with van der Waals surface area (Å²) < 4.78 is 5.22. The number of aliphatic carboxylic acids is 1. The van der Waals surface area contributed by atoms with Crippen LogP contribution in [0.15, 0.2) is 60.7 Å². The van der Waals surface area contributed by atoms with Crippen molar-refractivity contribution in [1.29, 1.82) is 0 Å². The second-order valence-corrected chi connectivity index (χ2v) is 7.20. The Morgan fingerprint density at radius 3 is 2.21 bits per heavy atom. The highest BCUT2D eigenvalue weighted by Gasteiger charge is 2.44. The molecule has 6 nitrogen and oxygen atoms in total. The summed E-state index contributed by atoms with van der Waals surface area (Å²) in [5.74, 6) is -1.02. The van der Waals surface area contributed by atoms with E-state index in [0.717, 1.165) is 5.56 Å². The summed E-state index contributed by atoms with van der Waals surface area (Å²) in [6.45, 7) is 3.40. The lowest BCUT2D eigenvalue weighted by atomic mass is 9.86. The van der Waals surface area contributed by atoms with Gasteiger partial charge in [0.2, 0.25) is 0 Å². The zero-order valence-corrected chi connectivity index (χ0v) is 16.0. The standard InChI is InChI=1S/C22H26N2O4/c1-17(19-10-6-3-7-11-19)24-14-12-22(13-15-24,20(25)26)23-21(27)28-16-18-8-4-2-5-9-18/h2-11,17H,12-16H2,1H3,(H,23,27)(H,25,26)/t17-/m0/s1. The molecule has 28 heavy (non-hydrogen) atoms. The smallest absolute Gasteiger partial charge is 0.408 e. The number of carbonyl (C=O) groups excluding carboxylic acids is 1. The summed E-state index contributed by atoms with van der Waals surface area (Å²) in [5.41, 5.74) is 0.759. The van der Waals surface area contributed by atoms with Crippen LogP contribution in [0, 0.1) is 0 Å². The normalized spacial score (nSPS) is 17.5. The number of amides is 1. The van der Waals surface area contributed by atoms with Gasteiger partial charge in [-0.15, -0.1) is 0 Å². The second-order valence-electron chi connectivity index (χ2n) is 7.20. The molecule has 0 unspecified atom stereocenters. The van der Waals surface area contributed by atoms with Gasteiger partial charge >= 0.3 is 12.1 Å². The highest BCUT2D eigenvalue weighted by molar-refractivity contribution is 5.84. The number of carboxylic acids is 1. The van der Waals surface area contributed by atoms with E-state index in [4.69, 9.17) is 4.74 Å². The largest absolute Gasteiger partial charge is 0.480 e. The van der Waals surface area contributed by atoms with Crippen molar-refractivity contribution in [2.24, 2.45) is 0 Å². The first-order valence-corrected chi connectivity index (χ1v) is 9.51. The number of benzene rings is 2. The molecule has 0 aliphatic carbocycles. The first kappa shape index (κ1) is 19.9. The topological polar surface area (TPSA) is 78.9 Å². The molecule has 1 saturated heterocycles. The van der Waals surface area contributed by atoms with Gasteiger partial charge in [0.15, 0.2) is 0 Å². The van der Waals surface area contributed by atoms with Crippen LogP contribution in [-0.4, -0.2) is 40.7 Å². The molecule has 2 N–H and O–H groups in total. The van der Waals surface area contributed by atoms with Gasteiger partial charge in [-0.3, -0.25) is 4.90 Å². The summed E-state index contributed by atoms with van der Waals surface area (Å²) in [6.07, 6.45) is -0.0318. The highest BCUT2D eigenvalue weighted by Crippen LogP contribution is 2.29. The second kappa shape index (κ2) is 8.89. The molecule has 1 atom stereocenters. The third kappa shape index (κ3) is 4.70. The molecule has 2 aromatic carbocycles. The van der Waals surface area contributed by atoms with E-state index < -0.39 is 17.6 Å². The fourth-order valence-corrected chi connectivity index (χ4v) is 3.58. The van der Waals surface area contributed by atoms with Crippen LogP contribution in [0.2, 0.25) is 0 Å². The first-order chi connectivity index (χ1) is 13.5. The predicted molar refractivity (Wildman–Crippen MR) is 106 cm³/mol. The van der Waals surface area contributed by atoms with E-state index >= 15 is 0 Å². The molecule has 0 bridgehead atoms. The molecule has 1 aliphatic rings. The zero-order chi connectivity index (χ0) is 20.0. The van der Waals surface area contributed by atoms with E-state index in [-0.39, 0.29) is 12.6 Å². The molecule has 148 valence electrons.